The Hall–Kier alpha value is -2.63. The zero-order valence-corrected chi connectivity index (χ0v) is 16.4. The molecule has 1 aromatic heterocycles. The molecule has 0 spiro atoms. The van der Waals surface area contributed by atoms with Crippen molar-refractivity contribution in [2.45, 2.75) is 38.6 Å². The number of nitrogens with two attached hydrogens (primary N) is 1. The first-order valence-electron chi connectivity index (χ1n) is 9.00. The SMILES string of the molecule is CC(N(C)c1cc(F)ccc1N)C(C)(C)c1nc2c(n1C)CC=C(F)C=C2. The van der Waals surface area contributed by atoms with Crippen LogP contribution in [0.2, 0.25) is 0 Å². The summed E-state index contributed by atoms with van der Waals surface area (Å²) < 4.78 is 29.3. The largest absolute Gasteiger partial charge is 0.397 e. The molecule has 1 aliphatic carbocycles. The quantitative estimate of drug-likeness (QED) is 0.811. The van der Waals surface area contributed by atoms with Gasteiger partial charge in [0.25, 0.3) is 0 Å². The Morgan fingerprint density at radius 1 is 1.26 bits per heavy atom. The van der Waals surface area contributed by atoms with Crippen LogP contribution < -0.4 is 10.6 Å². The van der Waals surface area contributed by atoms with Crippen LogP contribution in [0.1, 0.15) is 38.0 Å². The van der Waals surface area contributed by atoms with E-state index in [0.29, 0.717) is 17.8 Å². The van der Waals surface area contributed by atoms with Gasteiger partial charge in [-0.05, 0) is 43.4 Å². The van der Waals surface area contributed by atoms with Crippen molar-refractivity contribution in [3.05, 3.63) is 59.2 Å². The van der Waals surface area contributed by atoms with E-state index in [1.165, 1.54) is 18.2 Å². The van der Waals surface area contributed by atoms with E-state index in [0.717, 1.165) is 17.2 Å². The Bertz CT molecular complexity index is 925. The van der Waals surface area contributed by atoms with Crippen LogP contribution in [0.5, 0.6) is 0 Å². The van der Waals surface area contributed by atoms with E-state index in [1.54, 1.807) is 18.2 Å². The highest BCUT2D eigenvalue weighted by Gasteiger charge is 2.36. The van der Waals surface area contributed by atoms with Gasteiger partial charge in [-0.15, -0.1) is 0 Å². The number of nitrogens with zero attached hydrogens (tertiary/aromatic N) is 3. The van der Waals surface area contributed by atoms with Gasteiger partial charge in [-0.2, -0.15) is 0 Å². The lowest BCUT2D eigenvalue weighted by atomic mass is 9.83. The van der Waals surface area contributed by atoms with Crippen LogP contribution in [-0.4, -0.2) is 22.6 Å². The number of nitrogen functional groups attached to an aromatic ring is 1. The zero-order chi connectivity index (χ0) is 19.9. The molecule has 1 aliphatic rings. The molecule has 3 rings (SSSR count). The van der Waals surface area contributed by atoms with Crippen molar-refractivity contribution < 1.29 is 8.78 Å². The lowest BCUT2D eigenvalue weighted by Gasteiger charge is -2.39. The van der Waals surface area contributed by atoms with Gasteiger partial charge in [0.2, 0.25) is 0 Å². The number of hydrogen-bond acceptors (Lipinski definition) is 3. The van der Waals surface area contributed by atoms with Crippen LogP contribution in [0.3, 0.4) is 0 Å². The number of rotatable bonds is 4. The molecule has 27 heavy (non-hydrogen) atoms. The van der Waals surface area contributed by atoms with Gasteiger partial charge in [0.1, 0.15) is 17.5 Å². The van der Waals surface area contributed by atoms with Gasteiger partial charge in [0.05, 0.1) is 17.1 Å². The molecule has 1 atom stereocenters. The maximum Gasteiger partial charge on any atom is 0.125 e. The molecule has 1 aromatic carbocycles. The van der Waals surface area contributed by atoms with Crippen molar-refractivity contribution in [1.29, 1.82) is 0 Å². The molecule has 1 heterocycles. The number of hydrogen-bond donors (Lipinski definition) is 1. The van der Waals surface area contributed by atoms with Gasteiger partial charge in [-0.1, -0.05) is 13.8 Å². The summed E-state index contributed by atoms with van der Waals surface area (Å²) in [5.74, 6) is 0.324. The first-order chi connectivity index (χ1) is 12.6. The molecule has 0 fully saturated rings. The number of likely N-dealkylation sites (N-methyl/N-ethyl adjacent to an activating group) is 1. The van der Waals surface area contributed by atoms with Crippen molar-refractivity contribution in [2.75, 3.05) is 17.7 Å². The molecule has 0 amide bonds. The molecule has 1 unspecified atom stereocenters. The minimum absolute atomic E-state index is 0.0254. The first kappa shape index (κ1) is 19.1. The summed E-state index contributed by atoms with van der Waals surface area (Å²) in [7, 11) is 3.86. The Morgan fingerprint density at radius 3 is 2.67 bits per heavy atom. The third kappa shape index (κ3) is 3.36. The van der Waals surface area contributed by atoms with Gasteiger partial charge in [-0.3, -0.25) is 0 Å². The minimum atomic E-state index is -0.370. The number of anilines is 2. The van der Waals surface area contributed by atoms with E-state index >= 15 is 0 Å². The Labute approximate surface area is 159 Å². The van der Waals surface area contributed by atoms with E-state index < -0.39 is 0 Å². The van der Waals surface area contributed by atoms with Crippen LogP contribution in [0, 0.1) is 5.82 Å². The van der Waals surface area contributed by atoms with Crippen LogP contribution in [0.25, 0.3) is 6.08 Å². The summed E-state index contributed by atoms with van der Waals surface area (Å²) in [6.45, 7) is 6.27. The van der Waals surface area contributed by atoms with Crippen molar-refractivity contribution in [1.82, 2.24) is 9.55 Å². The van der Waals surface area contributed by atoms with Gasteiger partial charge < -0.3 is 15.2 Å². The number of imidazole rings is 1. The van der Waals surface area contributed by atoms with E-state index in [-0.39, 0.29) is 23.1 Å². The number of allylic oxidation sites excluding steroid dienone is 3. The molecule has 144 valence electrons. The molecule has 4 nitrogen and oxygen atoms in total. The first-order valence-corrected chi connectivity index (χ1v) is 9.00. The number of halogens is 2. The van der Waals surface area contributed by atoms with Gasteiger partial charge >= 0.3 is 0 Å². The summed E-state index contributed by atoms with van der Waals surface area (Å²) in [6.07, 6.45) is 5.21. The highest BCUT2D eigenvalue weighted by Crippen LogP contribution is 2.35. The van der Waals surface area contributed by atoms with Gasteiger partial charge in [0.15, 0.2) is 0 Å². The smallest absolute Gasteiger partial charge is 0.125 e. The highest BCUT2D eigenvalue weighted by molar-refractivity contribution is 5.68. The standard InChI is InChI=1S/C21H26F2N4/c1-13(26(4)19-12-15(23)6-9-16(19)24)21(2,3)20-25-17-10-7-14(22)8-11-18(17)27(20)5/h6-10,12-13H,11,24H2,1-5H3. The number of fused-ring (bicyclic) bond motifs is 1. The summed E-state index contributed by atoms with van der Waals surface area (Å²) in [5.41, 5.74) is 8.63. The van der Waals surface area contributed by atoms with Gasteiger partial charge in [0, 0.05) is 37.7 Å². The van der Waals surface area contributed by atoms with Crippen LogP contribution >= 0.6 is 0 Å². The molecular formula is C21H26F2N4. The highest BCUT2D eigenvalue weighted by atomic mass is 19.1. The second kappa shape index (κ2) is 6.83. The fourth-order valence-electron chi connectivity index (χ4n) is 3.63. The molecule has 2 N–H and O–H groups in total. The second-order valence-electron chi connectivity index (χ2n) is 7.66. The molecule has 0 aliphatic heterocycles. The maximum absolute atomic E-state index is 13.7. The summed E-state index contributed by atoms with van der Waals surface area (Å²) in [6, 6.07) is 4.36. The maximum atomic E-state index is 13.7. The number of benzene rings is 1. The van der Waals surface area contributed by atoms with Crippen molar-refractivity contribution in [3.63, 3.8) is 0 Å². The zero-order valence-electron chi connectivity index (χ0n) is 16.4. The average Bonchev–Trinajstić information content (AvgIpc) is 2.82. The Morgan fingerprint density at radius 2 is 1.96 bits per heavy atom. The lowest BCUT2D eigenvalue weighted by molar-refractivity contribution is 0.385. The molecule has 0 radical (unpaired) electrons. The van der Waals surface area contributed by atoms with Crippen molar-refractivity contribution in [3.8, 4) is 0 Å². The third-order valence-corrected chi connectivity index (χ3v) is 5.71. The summed E-state index contributed by atoms with van der Waals surface area (Å²) >= 11 is 0. The lowest BCUT2D eigenvalue weighted by Crippen LogP contribution is -2.45. The van der Waals surface area contributed by atoms with Crippen molar-refractivity contribution in [2.24, 2.45) is 7.05 Å². The fourth-order valence-corrected chi connectivity index (χ4v) is 3.63. The van der Waals surface area contributed by atoms with E-state index in [9.17, 15) is 8.78 Å². The normalized spacial score (nSPS) is 15.1. The topological polar surface area (TPSA) is 47.1 Å². The molecule has 0 saturated heterocycles. The molecule has 0 bridgehead atoms. The monoisotopic (exact) mass is 372 g/mol. The number of aromatic nitrogens is 2. The van der Waals surface area contributed by atoms with Crippen LogP contribution in [-0.2, 0) is 18.9 Å². The minimum Gasteiger partial charge on any atom is -0.397 e. The third-order valence-electron chi connectivity index (χ3n) is 5.71. The average molecular weight is 372 g/mol. The molecular weight excluding hydrogens is 346 g/mol. The van der Waals surface area contributed by atoms with Crippen LogP contribution in [0.15, 0.2) is 36.2 Å². The fraction of sp³-hybridized carbons (Fsp3) is 0.381. The Balaban J connectivity index is 1.98. The predicted molar refractivity (Wildman–Crippen MR) is 107 cm³/mol. The van der Waals surface area contributed by atoms with E-state index in [2.05, 4.69) is 20.8 Å². The van der Waals surface area contributed by atoms with E-state index in [1.807, 2.05) is 23.6 Å². The van der Waals surface area contributed by atoms with Crippen molar-refractivity contribution >= 4 is 17.5 Å². The van der Waals surface area contributed by atoms with Crippen LogP contribution in [0.4, 0.5) is 20.2 Å². The van der Waals surface area contributed by atoms with E-state index in [4.69, 9.17) is 10.7 Å². The predicted octanol–water partition coefficient (Wildman–Crippen LogP) is 4.37. The second-order valence-corrected chi connectivity index (χ2v) is 7.66. The molecule has 2 aromatic rings. The molecule has 6 heteroatoms. The molecule has 0 saturated carbocycles. The summed E-state index contributed by atoms with van der Waals surface area (Å²) in [5, 5.41) is 0. The van der Waals surface area contributed by atoms with Gasteiger partial charge in [-0.25, -0.2) is 13.8 Å². The Kier molecular flexibility index (Phi) is 4.84. The summed E-state index contributed by atoms with van der Waals surface area (Å²) in [4.78, 5) is 6.78.